The summed E-state index contributed by atoms with van der Waals surface area (Å²) >= 11 is 0. The number of nitrogens with zero attached hydrogens (tertiary/aromatic N) is 8. The van der Waals surface area contributed by atoms with Gasteiger partial charge in [-0.25, -0.2) is 9.97 Å². The van der Waals surface area contributed by atoms with E-state index < -0.39 is 0 Å². The SMILES string of the molecule is CC(C)(C)c1ccc2c(c1)c1cc(C(C)(C)C)ccc1n2-c1cc(-n2c3ccc(C(C)(C)C)cc3c3cc(C(C)(C)C)ccc32)c(-c2ccc3[nH]c4n(c3c2)c2cc(-c3ccccc3)ccc2[n+]4-c2ccccc2)c(C#N)c1-c1ccc2nc3n(-c4ccccc4)c4ccc(-c5ccccc5)cc4n3c2c1. The van der Waals surface area contributed by atoms with Crippen molar-refractivity contribution in [1.82, 2.24) is 32.5 Å². The molecular formula is C97H82N9+. The lowest BCUT2D eigenvalue weighted by atomic mass is 9.85. The fraction of sp³-hybridized carbons (Fsp3) is 0.165. The van der Waals surface area contributed by atoms with Gasteiger partial charge in [-0.2, -0.15) is 14.2 Å². The molecule has 9 nitrogen and oxygen atoms in total. The van der Waals surface area contributed by atoms with Gasteiger partial charge in [0.05, 0.1) is 61.1 Å². The Hall–Kier alpha value is -12.5. The number of benzene rings is 13. The minimum atomic E-state index is -0.142. The number of hydrogen-bond donors (Lipinski definition) is 1. The zero-order valence-electron chi connectivity index (χ0n) is 62.1. The first-order chi connectivity index (χ1) is 51.0. The molecule has 19 rings (SSSR count). The number of hydrogen-bond acceptors (Lipinski definition) is 2. The lowest BCUT2D eigenvalue weighted by Gasteiger charge is -2.24. The molecule has 9 heteroatoms. The maximum absolute atomic E-state index is 13.2. The first kappa shape index (κ1) is 64.3. The molecule has 0 amide bonds. The molecule has 0 aliphatic carbocycles. The minimum Gasteiger partial charge on any atom is -0.308 e. The van der Waals surface area contributed by atoms with E-state index in [0.29, 0.717) is 5.56 Å². The molecule has 0 fully saturated rings. The molecule has 0 bridgehead atoms. The number of nitriles is 1. The Balaban J connectivity index is 0.999. The standard InChI is InChI=1S/C97H81N9/c1-94(2,3)65-37-45-78-71(53-65)72-54-66(95(4,5)6)38-46-79(72)103(78)88-57-89(104-80-47-39-67(96(7,8)9)55-73(80)74-56-68(97(10,11)12)40-48-81(74)104)91(64-34-42-77-85(52-64)106-87-50-62(60-27-19-14-20-28-60)36-44-83(87)102(93(106)100-77)70-31-23-16-24-32-70)75(58-98)90(88)63-33-41-76-84(51-63)105-86-49-61(59-25-17-13-18-26-59)35-43-82(86)101(92(105)99-76)69-29-21-15-22-30-69/h13-57H,1-12H3/p+1. The quantitative estimate of drug-likeness (QED) is 0.154. The second kappa shape index (κ2) is 23.2. The molecule has 0 unspecified atom stereocenters. The highest BCUT2D eigenvalue weighted by atomic mass is 15.2. The van der Waals surface area contributed by atoms with E-state index in [1.54, 1.807) is 0 Å². The predicted molar refractivity (Wildman–Crippen MR) is 441 cm³/mol. The molecule has 0 atom stereocenters. The van der Waals surface area contributed by atoms with Crippen molar-refractivity contribution in [3.63, 3.8) is 0 Å². The first-order valence-corrected chi connectivity index (χ1v) is 37.1. The van der Waals surface area contributed by atoms with Crippen LogP contribution in [-0.4, -0.2) is 32.5 Å². The van der Waals surface area contributed by atoms with E-state index in [-0.39, 0.29) is 21.7 Å². The average molecular weight is 1370 g/mol. The molecule has 106 heavy (non-hydrogen) atoms. The van der Waals surface area contributed by atoms with Crippen molar-refractivity contribution in [3.05, 3.63) is 301 Å². The van der Waals surface area contributed by atoms with Crippen molar-refractivity contribution in [3.8, 4) is 73.3 Å². The number of aromatic nitrogens is 8. The number of aromatic amines is 1. The molecule has 1 N–H and O–H groups in total. The summed E-state index contributed by atoms with van der Waals surface area (Å²) in [7, 11) is 0. The van der Waals surface area contributed by atoms with Crippen LogP contribution in [-0.2, 0) is 21.7 Å². The Bertz CT molecular complexity index is 6340. The van der Waals surface area contributed by atoms with Crippen molar-refractivity contribution in [1.29, 1.82) is 5.26 Å². The summed E-state index contributed by atoms with van der Waals surface area (Å²) in [6, 6.07) is 103. The summed E-state index contributed by atoms with van der Waals surface area (Å²) in [5, 5.41) is 17.9. The van der Waals surface area contributed by atoms with Crippen LogP contribution in [0.3, 0.4) is 0 Å². The fourth-order valence-electron chi connectivity index (χ4n) is 16.7. The van der Waals surface area contributed by atoms with E-state index in [9.17, 15) is 5.26 Å². The molecular weight excluding hydrogens is 1290 g/mol. The van der Waals surface area contributed by atoms with Crippen molar-refractivity contribution < 1.29 is 4.57 Å². The van der Waals surface area contributed by atoms with Crippen LogP contribution in [0.2, 0.25) is 0 Å². The van der Waals surface area contributed by atoms with Crippen molar-refractivity contribution in [2.24, 2.45) is 0 Å². The third kappa shape index (κ3) is 10.0. The van der Waals surface area contributed by atoms with Crippen molar-refractivity contribution >= 4 is 99.3 Å². The second-order valence-corrected chi connectivity index (χ2v) is 33.2. The highest BCUT2D eigenvalue weighted by molar-refractivity contribution is 6.14. The van der Waals surface area contributed by atoms with Crippen LogP contribution < -0.4 is 4.57 Å². The number of fused-ring (bicyclic) bond motifs is 16. The molecule has 6 heterocycles. The first-order valence-electron chi connectivity index (χ1n) is 37.1. The molecule has 0 aliphatic heterocycles. The van der Waals surface area contributed by atoms with Crippen LogP contribution in [0, 0.1) is 11.3 Å². The number of H-pyrrole nitrogens is 1. The van der Waals surface area contributed by atoms with Crippen molar-refractivity contribution in [2.45, 2.75) is 105 Å². The summed E-state index contributed by atoms with van der Waals surface area (Å²) in [4.78, 5) is 9.55. The third-order valence-corrected chi connectivity index (χ3v) is 22.4. The fourth-order valence-corrected chi connectivity index (χ4v) is 16.7. The van der Waals surface area contributed by atoms with Crippen LogP contribution in [0.5, 0.6) is 0 Å². The van der Waals surface area contributed by atoms with E-state index in [1.165, 1.54) is 22.3 Å². The summed E-state index contributed by atoms with van der Waals surface area (Å²) in [6.45, 7) is 27.6. The summed E-state index contributed by atoms with van der Waals surface area (Å²) < 4.78 is 14.3. The van der Waals surface area contributed by atoms with Gasteiger partial charge in [0, 0.05) is 38.4 Å². The van der Waals surface area contributed by atoms with E-state index in [2.05, 4.69) is 394 Å². The highest BCUT2D eigenvalue weighted by Gasteiger charge is 2.33. The Morgan fingerprint density at radius 3 is 1.24 bits per heavy atom. The Morgan fingerprint density at radius 2 is 0.755 bits per heavy atom. The lowest BCUT2D eigenvalue weighted by Crippen LogP contribution is -2.30. The van der Waals surface area contributed by atoms with Crippen LogP contribution >= 0.6 is 0 Å². The van der Waals surface area contributed by atoms with Gasteiger partial charge in [0.25, 0.3) is 0 Å². The Morgan fingerprint density at radius 1 is 0.340 bits per heavy atom. The van der Waals surface area contributed by atoms with Gasteiger partial charge >= 0.3 is 5.78 Å². The number of nitrogens with one attached hydrogen (secondary N) is 1. The van der Waals surface area contributed by atoms with Gasteiger partial charge in [-0.3, -0.25) is 8.97 Å². The van der Waals surface area contributed by atoms with Gasteiger partial charge in [-0.05, 0) is 205 Å². The van der Waals surface area contributed by atoms with Crippen LogP contribution in [0.15, 0.2) is 273 Å². The molecule has 0 saturated carbocycles. The van der Waals surface area contributed by atoms with Gasteiger partial charge in [0.15, 0.2) is 0 Å². The maximum Gasteiger partial charge on any atom is 0.373 e. The van der Waals surface area contributed by atoms with E-state index in [4.69, 9.17) is 4.98 Å². The smallest absolute Gasteiger partial charge is 0.308 e. The lowest BCUT2D eigenvalue weighted by molar-refractivity contribution is -0.540. The van der Waals surface area contributed by atoms with Gasteiger partial charge in [0.1, 0.15) is 33.8 Å². The topological polar surface area (TPSA) is 80.0 Å². The van der Waals surface area contributed by atoms with Crippen LogP contribution in [0.25, 0.3) is 167 Å². The molecule has 19 aromatic rings. The Kier molecular flexibility index (Phi) is 14.1. The zero-order chi connectivity index (χ0) is 72.6. The maximum atomic E-state index is 13.2. The number of rotatable bonds is 8. The van der Waals surface area contributed by atoms with Crippen LogP contribution in [0.1, 0.15) is 111 Å². The van der Waals surface area contributed by atoms with E-state index in [1.807, 2.05) is 0 Å². The molecule has 514 valence electrons. The second-order valence-electron chi connectivity index (χ2n) is 33.2. The van der Waals surface area contributed by atoms with Gasteiger partial charge in [-0.15, -0.1) is 0 Å². The molecule has 0 spiro atoms. The van der Waals surface area contributed by atoms with Gasteiger partial charge in [-0.1, -0.05) is 229 Å². The average Bonchev–Trinajstić information content (AvgIpc) is 1.48. The highest BCUT2D eigenvalue weighted by Crippen LogP contribution is 2.50. The molecule has 0 radical (unpaired) electrons. The summed E-state index contributed by atoms with van der Waals surface area (Å²) in [5.41, 5.74) is 28.8. The summed E-state index contributed by atoms with van der Waals surface area (Å²) in [5.74, 6) is 1.72. The number of imidazole rings is 4. The molecule has 6 aromatic heterocycles. The molecule has 0 aliphatic rings. The largest absolute Gasteiger partial charge is 0.373 e. The molecule has 0 saturated heterocycles. The molecule has 13 aromatic carbocycles. The van der Waals surface area contributed by atoms with Gasteiger partial charge < -0.3 is 9.13 Å². The predicted octanol–water partition coefficient (Wildman–Crippen LogP) is 24.5. The van der Waals surface area contributed by atoms with Gasteiger partial charge in [0.2, 0.25) is 5.78 Å². The number of para-hydroxylation sites is 2. The minimum absolute atomic E-state index is 0.141. The Labute approximate surface area is 616 Å². The van der Waals surface area contributed by atoms with Crippen molar-refractivity contribution in [2.75, 3.05) is 0 Å². The summed E-state index contributed by atoms with van der Waals surface area (Å²) in [6.07, 6.45) is 0. The zero-order valence-corrected chi connectivity index (χ0v) is 62.1. The third-order valence-electron chi connectivity index (χ3n) is 22.4. The normalized spacial score (nSPS) is 12.7. The van der Waals surface area contributed by atoms with Crippen LogP contribution in [0.4, 0.5) is 0 Å². The van der Waals surface area contributed by atoms with E-state index >= 15 is 0 Å². The monoisotopic (exact) mass is 1370 g/mol. The van der Waals surface area contributed by atoms with E-state index in [0.717, 1.165) is 167 Å².